The van der Waals surface area contributed by atoms with E-state index in [1.807, 2.05) is 0 Å². The van der Waals surface area contributed by atoms with Crippen molar-refractivity contribution in [3.05, 3.63) is 0 Å². The molecule has 2 unspecified atom stereocenters. The number of phosphoric ester groups is 2. The van der Waals surface area contributed by atoms with Gasteiger partial charge in [0.05, 0.1) is 26.4 Å². The normalized spacial score (nSPS) is 14.0. The van der Waals surface area contributed by atoms with Crippen LogP contribution in [0.4, 0.5) is 0 Å². The van der Waals surface area contributed by atoms with Crippen LogP contribution in [0.3, 0.4) is 0 Å². The lowest BCUT2D eigenvalue weighted by Gasteiger charge is -2.21. The van der Waals surface area contributed by atoms with Gasteiger partial charge < -0.3 is 33.8 Å². The first-order chi connectivity index (χ1) is 42.7. The minimum atomic E-state index is -4.95. The fourth-order valence-corrected chi connectivity index (χ4v) is 12.1. The van der Waals surface area contributed by atoms with Crippen molar-refractivity contribution in [2.24, 2.45) is 0 Å². The van der Waals surface area contributed by atoms with Crippen LogP contribution in [-0.2, 0) is 65.4 Å². The van der Waals surface area contributed by atoms with E-state index in [1.165, 1.54) is 186 Å². The molecule has 522 valence electrons. The number of carbonyl (C=O) groups is 4. The van der Waals surface area contributed by atoms with Gasteiger partial charge in [-0.25, -0.2) is 9.13 Å². The van der Waals surface area contributed by atoms with Gasteiger partial charge in [0.25, 0.3) is 0 Å². The lowest BCUT2D eigenvalue weighted by Crippen LogP contribution is -2.30. The summed E-state index contributed by atoms with van der Waals surface area (Å²) in [5.41, 5.74) is 0. The maximum atomic E-state index is 13.0. The Kier molecular flexibility index (Phi) is 62.4. The fraction of sp³-hybridized carbons (Fsp3) is 0.942. The van der Waals surface area contributed by atoms with E-state index in [0.29, 0.717) is 25.7 Å². The van der Waals surface area contributed by atoms with Crippen molar-refractivity contribution < 1.29 is 80.2 Å². The molecule has 0 rings (SSSR count). The predicted octanol–water partition coefficient (Wildman–Crippen LogP) is 19.9. The molecular formula is C69H134O17P2. The van der Waals surface area contributed by atoms with E-state index >= 15 is 0 Å². The number of rotatable bonds is 70. The highest BCUT2D eigenvalue weighted by Crippen LogP contribution is 2.45. The van der Waals surface area contributed by atoms with Crippen LogP contribution in [0, 0.1) is 0 Å². The van der Waals surface area contributed by atoms with Crippen molar-refractivity contribution in [1.82, 2.24) is 0 Å². The van der Waals surface area contributed by atoms with Gasteiger partial charge in [-0.1, -0.05) is 310 Å². The summed E-state index contributed by atoms with van der Waals surface area (Å²) < 4.78 is 68.1. The van der Waals surface area contributed by atoms with Crippen LogP contribution < -0.4 is 0 Å². The second kappa shape index (κ2) is 63.8. The van der Waals surface area contributed by atoms with Gasteiger partial charge in [-0.15, -0.1) is 0 Å². The summed E-state index contributed by atoms with van der Waals surface area (Å²) in [6.07, 6.45) is 51.4. The van der Waals surface area contributed by atoms with Gasteiger partial charge in [-0.05, 0) is 25.7 Å². The Bertz CT molecular complexity index is 1690. The van der Waals surface area contributed by atoms with Crippen LogP contribution in [0.2, 0.25) is 0 Å². The number of carbonyl (C=O) groups excluding carboxylic acids is 4. The van der Waals surface area contributed by atoms with Crippen LogP contribution in [0.1, 0.15) is 362 Å². The van der Waals surface area contributed by atoms with E-state index in [4.69, 9.17) is 37.0 Å². The first-order valence-corrected chi connectivity index (χ1v) is 39.3. The zero-order valence-corrected chi connectivity index (χ0v) is 58.5. The first-order valence-electron chi connectivity index (χ1n) is 36.3. The van der Waals surface area contributed by atoms with Gasteiger partial charge in [-0.2, -0.15) is 0 Å². The van der Waals surface area contributed by atoms with Crippen LogP contribution in [0.25, 0.3) is 0 Å². The van der Waals surface area contributed by atoms with Crippen molar-refractivity contribution in [3.63, 3.8) is 0 Å². The zero-order chi connectivity index (χ0) is 64.7. The quantitative estimate of drug-likeness (QED) is 0.0222. The third kappa shape index (κ3) is 62.8. The molecule has 0 saturated carbocycles. The molecule has 0 spiro atoms. The molecule has 0 bridgehead atoms. The average molecular weight is 1300 g/mol. The first kappa shape index (κ1) is 86.1. The zero-order valence-electron chi connectivity index (χ0n) is 56.7. The topological polar surface area (TPSA) is 237 Å². The number of ether oxygens (including phenoxy) is 4. The molecule has 0 aromatic heterocycles. The molecule has 5 atom stereocenters. The number of aliphatic hydroxyl groups excluding tert-OH is 1. The highest BCUT2D eigenvalue weighted by molar-refractivity contribution is 7.47. The molecule has 0 aliphatic heterocycles. The van der Waals surface area contributed by atoms with Crippen molar-refractivity contribution in [1.29, 1.82) is 0 Å². The summed E-state index contributed by atoms with van der Waals surface area (Å²) in [7, 11) is -9.89. The van der Waals surface area contributed by atoms with Gasteiger partial charge in [0.15, 0.2) is 12.2 Å². The molecule has 0 heterocycles. The maximum absolute atomic E-state index is 13.0. The Labute approximate surface area is 537 Å². The molecule has 0 saturated heterocycles. The van der Waals surface area contributed by atoms with Gasteiger partial charge in [-0.3, -0.25) is 37.3 Å². The average Bonchev–Trinajstić information content (AvgIpc) is 3.72. The second-order valence-corrected chi connectivity index (χ2v) is 27.8. The number of phosphoric acid groups is 2. The predicted molar refractivity (Wildman–Crippen MR) is 354 cm³/mol. The molecule has 19 heteroatoms. The van der Waals surface area contributed by atoms with E-state index in [9.17, 15) is 43.2 Å². The van der Waals surface area contributed by atoms with E-state index in [1.54, 1.807) is 0 Å². The third-order valence-electron chi connectivity index (χ3n) is 16.1. The van der Waals surface area contributed by atoms with Crippen LogP contribution in [0.5, 0.6) is 0 Å². The van der Waals surface area contributed by atoms with Gasteiger partial charge >= 0.3 is 39.5 Å². The summed E-state index contributed by atoms with van der Waals surface area (Å²) in [5, 5.41) is 10.6. The highest BCUT2D eigenvalue weighted by Gasteiger charge is 2.30. The largest absolute Gasteiger partial charge is 0.472 e. The fourth-order valence-electron chi connectivity index (χ4n) is 10.5. The van der Waals surface area contributed by atoms with Crippen molar-refractivity contribution in [3.8, 4) is 0 Å². The molecule has 88 heavy (non-hydrogen) atoms. The molecular weight excluding hydrogens is 1160 g/mol. The lowest BCUT2D eigenvalue weighted by molar-refractivity contribution is -0.161. The SMILES string of the molecule is CCCCCCCCCCCCCCCCCCCC(=O)O[C@H](COC(=O)CCCCCCCCCCCCCCCC)COP(=O)(O)OC[C@@H](O)COP(=O)(O)OC[C@@H](COC(=O)CCCCCCCCCC)OC(=O)CCCCCCCCCCC. The van der Waals surface area contributed by atoms with Crippen LogP contribution in [0.15, 0.2) is 0 Å². The molecule has 17 nitrogen and oxygen atoms in total. The van der Waals surface area contributed by atoms with E-state index < -0.39 is 97.5 Å². The number of hydrogen-bond acceptors (Lipinski definition) is 15. The minimum Gasteiger partial charge on any atom is -0.462 e. The van der Waals surface area contributed by atoms with E-state index in [2.05, 4.69) is 27.7 Å². The van der Waals surface area contributed by atoms with Crippen LogP contribution in [-0.4, -0.2) is 96.7 Å². The number of aliphatic hydroxyl groups is 1. The Morgan fingerprint density at radius 2 is 0.455 bits per heavy atom. The third-order valence-corrected chi connectivity index (χ3v) is 18.0. The van der Waals surface area contributed by atoms with Gasteiger partial charge in [0.1, 0.15) is 19.3 Å². The Morgan fingerprint density at radius 3 is 0.670 bits per heavy atom. The highest BCUT2D eigenvalue weighted by atomic mass is 31.2. The Morgan fingerprint density at radius 1 is 0.273 bits per heavy atom. The number of unbranched alkanes of at least 4 members (excludes halogenated alkanes) is 44. The summed E-state index contributed by atoms with van der Waals surface area (Å²) in [6.45, 7) is 4.90. The van der Waals surface area contributed by atoms with Crippen LogP contribution >= 0.6 is 15.6 Å². The summed E-state index contributed by atoms with van der Waals surface area (Å²) in [4.78, 5) is 72.3. The lowest BCUT2D eigenvalue weighted by atomic mass is 10.0. The smallest absolute Gasteiger partial charge is 0.462 e. The minimum absolute atomic E-state index is 0.106. The maximum Gasteiger partial charge on any atom is 0.472 e. The van der Waals surface area contributed by atoms with Crippen molar-refractivity contribution >= 4 is 39.5 Å². The second-order valence-electron chi connectivity index (χ2n) is 24.9. The number of esters is 4. The van der Waals surface area contributed by atoms with Gasteiger partial charge in [0.2, 0.25) is 0 Å². The molecule has 0 amide bonds. The van der Waals surface area contributed by atoms with Gasteiger partial charge in [0, 0.05) is 25.7 Å². The van der Waals surface area contributed by atoms with Crippen molar-refractivity contribution in [2.75, 3.05) is 39.6 Å². The van der Waals surface area contributed by atoms with Crippen molar-refractivity contribution in [2.45, 2.75) is 380 Å². The Hall–Kier alpha value is -1.94. The summed E-state index contributed by atoms with van der Waals surface area (Å²) >= 11 is 0. The Balaban J connectivity index is 5.19. The molecule has 0 aliphatic carbocycles. The standard InChI is InChI=1S/C69H134O17P2/c1-5-9-13-17-21-25-27-29-31-32-33-35-37-40-44-48-52-56-69(74)86-65(60-80-67(72)54-50-46-42-39-36-34-30-28-26-22-18-14-10-6-2)62-84-88(77,78)82-58-63(70)57-81-87(75,76)83-61-64(59-79-66(71)53-49-45-41-24-20-16-12-8-4)85-68(73)55-51-47-43-38-23-19-15-11-7-3/h63-65,70H,5-62H2,1-4H3,(H,75,76)(H,77,78)/t63-,64+,65+/m0/s1. The molecule has 0 aromatic rings. The molecule has 0 aliphatic rings. The molecule has 0 aromatic carbocycles. The molecule has 3 N–H and O–H groups in total. The number of hydrogen-bond donors (Lipinski definition) is 3. The molecule has 0 fully saturated rings. The van der Waals surface area contributed by atoms with E-state index in [-0.39, 0.29) is 25.7 Å². The monoisotopic (exact) mass is 1300 g/mol. The van der Waals surface area contributed by atoms with E-state index in [0.717, 1.165) is 96.3 Å². The molecule has 0 radical (unpaired) electrons. The summed E-state index contributed by atoms with van der Waals surface area (Å²) in [5.74, 6) is -2.12. The summed E-state index contributed by atoms with van der Waals surface area (Å²) in [6, 6.07) is 0.